The van der Waals surface area contributed by atoms with E-state index in [-0.39, 0.29) is 11.6 Å². The van der Waals surface area contributed by atoms with Crippen molar-refractivity contribution in [2.24, 2.45) is 0 Å². The van der Waals surface area contributed by atoms with E-state index in [1.807, 2.05) is 6.07 Å². The predicted molar refractivity (Wildman–Crippen MR) is 82.9 cm³/mol. The Balaban J connectivity index is 2.18. The number of halogens is 2. The van der Waals surface area contributed by atoms with Gasteiger partial charge in [-0.05, 0) is 32.9 Å². The Morgan fingerprint density at radius 1 is 1.35 bits per heavy atom. The molecule has 0 saturated carbocycles. The zero-order valence-corrected chi connectivity index (χ0v) is 13.6. The maximum atomic E-state index is 6.29. The Labute approximate surface area is 130 Å². The summed E-state index contributed by atoms with van der Waals surface area (Å²) in [7, 11) is 0. The molecule has 0 amide bonds. The summed E-state index contributed by atoms with van der Waals surface area (Å²) < 4.78 is 11.3. The maximum absolute atomic E-state index is 6.29. The smallest absolute Gasteiger partial charge is 0.143 e. The molecule has 0 spiro atoms. The van der Waals surface area contributed by atoms with Crippen molar-refractivity contribution >= 4 is 23.2 Å². The number of ether oxygens (including phenoxy) is 2. The summed E-state index contributed by atoms with van der Waals surface area (Å²) in [4.78, 5) is 0. The van der Waals surface area contributed by atoms with Gasteiger partial charge >= 0.3 is 0 Å². The van der Waals surface area contributed by atoms with E-state index in [2.05, 4.69) is 26.1 Å². The first-order valence-corrected chi connectivity index (χ1v) is 7.58. The summed E-state index contributed by atoms with van der Waals surface area (Å²) in [6, 6.07) is 3.62. The predicted octanol–water partition coefficient (Wildman–Crippen LogP) is 4.05. The fourth-order valence-electron chi connectivity index (χ4n) is 2.01. The van der Waals surface area contributed by atoms with Crippen molar-refractivity contribution in [2.45, 2.75) is 45.4 Å². The van der Waals surface area contributed by atoms with Gasteiger partial charge in [0.1, 0.15) is 11.9 Å². The van der Waals surface area contributed by atoms with E-state index in [1.165, 1.54) is 0 Å². The minimum atomic E-state index is 0.0164. The second-order valence-corrected chi connectivity index (χ2v) is 6.93. The molecule has 1 aromatic carbocycles. The monoisotopic (exact) mass is 317 g/mol. The largest absolute Gasteiger partial charge is 0.486 e. The van der Waals surface area contributed by atoms with Gasteiger partial charge in [0.15, 0.2) is 0 Å². The first-order valence-electron chi connectivity index (χ1n) is 6.82. The second-order valence-electron chi connectivity index (χ2n) is 6.08. The molecule has 0 bridgehead atoms. The minimum absolute atomic E-state index is 0.0164. The van der Waals surface area contributed by atoms with E-state index in [0.29, 0.717) is 28.9 Å². The number of rotatable bonds is 4. The van der Waals surface area contributed by atoms with Crippen LogP contribution in [0.15, 0.2) is 12.1 Å². The van der Waals surface area contributed by atoms with Gasteiger partial charge in [-0.2, -0.15) is 0 Å². The van der Waals surface area contributed by atoms with E-state index in [9.17, 15) is 0 Å². The summed E-state index contributed by atoms with van der Waals surface area (Å²) in [6.45, 7) is 8.36. The van der Waals surface area contributed by atoms with Crippen LogP contribution >= 0.6 is 23.2 Å². The third kappa shape index (κ3) is 4.52. The topological polar surface area (TPSA) is 30.5 Å². The highest BCUT2D eigenvalue weighted by Gasteiger charge is 2.21. The van der Waals surface area contributed by atoms with Crippen LogP contribution in [0.25, 0.3) is 0 Å². The molecule has 0 aromatic heterocycles. The zero-order chi connectivity index (χ0) is 14.8. The third-order valence-electron chi connectivity index (χ3n) is 3.07. The normalized spacial score (nSPS) is 19.4. The lowest BCUT2D eigenvalue weighted by Crippen LogP contribution is -2.35. The molecule has 1 heterocycles. The SMILES string of the molecule is CC(C)(C)NCc1cc(Cl)cc(Cl)c1OC1CCOC1. The van der Waals surface area contributed by atoms with E-state index in [1.54, 1.807) is 6.07 Å². The van der Waals surface area contributed by atoms with Crippen LogP contribution in [-0.2, 0) is 11.3 Å². The number of benzene rings is 1. The van der Waals surface area contributed by atoms with Gasteiger partial charge in [-0.25, -0.2) is 0 Å². The van der Waals surface area contributed by atoms with Crippen molar-refractivity contribution in [1.82, 2.24) is 5.32 Å². The van der Waals surface area contributed by atoms with Crippen molar-refractivity contribution in [3.8, 4) is 5.75 Å². The van der Waals surface area contributed by atoms with Gasteiger partial charge in [0.25, 0.3) is 0 Å². The van der Waals surface area contributed by atoms with Crippen molar-refractivity contribution in [3.05, 3.63) is 27.7 Å². The van der Waals surface area contributed by atoms with E-state index in [4.69, 9.17) is 32.7 Å². The maximum Gasteiger partial charge on any atom is 0.143 e. The van der Waals surface area contributed by atoms with Crippen molar-refractivity contribution in [3.63, 3.8) is 0 Å². The molecule has 1 unspecified atom stereocenters. The molecule has 3 nitrogen and oxygen atoms in total. The van der Waals surface area contributed by atoms with E-state index >= 15 is 0 Å². The van der Waals surface area contributed by atoms with Crippen LogP contribution in [0.3, 0.4) is 0 Å². The van der Waals surface area contributed by atoms with Crippen LogP contribution in [-0.4, -0.2) is 24.9 Å². The molecule has 1 aliphatic heterocycles. The molecular weight excluding hydrogens is 297 g/mol. The summed E-state index contributed by atoms with van der Waals surface area (Å²) in [5.74, 6) is 0.711. The van der Waals surface area contributed by atoms with Crippen LogP contribution in [0, 0.1) is 0 Å². The van der Waals surface area contributed by atoms with Gasteiger partial charge in [0.2, 0.25) is 0 Å². The fraction of sp³-hybridized carbons (Fsp3) is 0.600. The summed E-state index contributed by atoms with van der Waals surface area (Å²) >= 11 is 12.4. The Morgan fingerprint density at radius 2 is 2.10 bits per heavy atom. The molecule has 0 aliphatic carbocycles. The zero-order valence-electron chi connectivity index (χ0n) is 12.1. The molecule has 20 heavy (non-hydrogen) atoms. The molecule has 2 rings (SSSR count). The standard InChI is InChI=1S/C15H21Cl2NO2/c1-15(2,3)18-8-10-6-11(16)7-13(17)14(10)20-12-4-5-19-9-12/h6-7,12,18H,4-5,8-9H2,1-3H3. The van der Waals surface area contributed by atoms with Gasteiger partial charge in [0.05, 0.1) is 18.2 Å². The fourth-order valence-corrected chi connectivity index (χ4v) is 2.59. The van der Waals surface area contributed by atoms with Crippen molar-refractivity contribution in [2.75, 3.05) is 13.2 Å². The van der Waals surface area contributed by atoms with Crippen LogP contribution in [0.1, 0.15) is 32.8 Å². The van der Waals surface area contributed by atoms with Crippen LogP contribution in [0.4, 0.5) is 0 Å². The van der Waals surface area contributed by atoms with Gasteiger partial charge in [0, 0.05) is 29.1 Å². The minimum Gasteiger partial charge on any atom is -0.486 e. The molecule has 1 aliphatic rings. The Hall–Kier alpha value is -0.480. The molecule has 0 radical (unpaired) electrons. The highest BCUT2D eigenvalue weighted by Crippen LogP contribution is 2.34. The molecule has 1 aromatic rings. The number of hydrogen-bond donors (Lipinski definition) is 1. The van der Waals surface area contributed by atoms with Gasteiger partial charge in [-0.3, -0.25) is 0 Å². The molecule has 1 N–H and O–H groups in total. The van der Waals surface area contributed by atoms with E-state index in [0.717, 1.165) is 18.6 Å². The van der Waals surface area contributed by atoms with Gasteiger partial charge in [-0.1, -0.05) is 23.2 Å². The summed E-state index contributed by atoms with van der Waals surface area (Å²) in [6.07, 6.45) is 0.965. The lowest BCUT2D eigenvalue weighted by Gasteiger charge is -2.23. The lowest BCUT2D eigenvalue weighted by atomic mass is 10.1. The molecular formula is C15H21Cl2NO2. The van der Waals surface area contributed by atoms with Gasteiger partial charge in [-0.15, -0.1) is 0 Å². The average Bonchev–Trinajstić information content (AvgIpc) is 2.82. The van der Waals surface area contributed by atoms with Crippen LogP contribution in [0.5, 0.6) is 5.75 Å². The lowest BCUT2D eigenvalue weighted by molar-refractivity contribution is 0.140. The van der Waals surface area contributed by atoms with Crippen LogP contribution < -0.4 is 10.1 Å². The summed E-state index contributed by atoms with van der Waals surface area (Å²) in [5.41, 5.74) is 0.993. The third-order valence-corrected chi connectivity index (χ3v) is 3.57. The highest BCUT2D eigenvalue weighted by molar-refractivity contribution is 6.35. The first kappa shape index (κ1) is 15.9. The number of nitrogens with one attached hydrogen (secondary N) is 1. The summed E-state index contributed by atoms with van der Waals surface area (Å²) in [5, 5.41) is 4.60. The van der Waals surface area contributed by atoms with Crippen LogP contribution in [0.2, 0.25) is 10.0 Å². The quantitative estimate of drug-likeness (QED) is 0.908. The Bertz CT molecular complexity index is 466. The first-order chi connectivity index (χ1) is 9.35. The molecule has 112 valence electrons. The van der Waals surface area contributed by atoms with E-state index < -0.39 is 0 Å². The van der Waals surface area contributed by atoms with Crippen molar-refractivity contribution in [1.29, 1.82) is 0 Å². The Kier molecular flexibility index (Phi) is 5.19. The molecule has 5 heteroatoms. The number of hydrogen-bond acceptors (Lipinski definition) is 3. The Morgan fingerprint density at radius 3 is 2.70 bits per heavy atom. The molecule has 1 atom stereocenters. The van der Waals surface area contributed by atoms with Crippen molar-refractivity contribution < 1.29 is 9.47 Å². The highest BCUT2D eigenvalue weighted by atomic mass is 35.5. The molecule has 1 saturated heterocycles. The average molecular weight is 318 g/mol. The van der Waals surface area contributed by atoms with Gasteiger partial charge < -0.3 is 14.8 Å². The second kappa shape index (κ2) is 6.52. The molecule has 1 fully saturated rings.